The summed E-state index contributed by atoms with van der Waals surface area (Å²) in [5, 5.41) is 7.66. The molecule has 0 fully saturated rings. The standard InChI is InChI=1S/C20H18ClN3O2/c1-13-11-16(24(2)23-13)12-22-20(26)18-6-4-3-5-17(18)19(25)14-7-9-15(21)10-8-14/h3-11H,12H2,1-2H3,(H,22,26). The van der Waals surface area contributed by atoms with Crippen LogP contribution in [0.15, 0.2) is 54.6 Å². The van der Waals surface area contributed by atoms with Crippen LogP contribution in [0.2, 0.25) is 5.02 Å². The smallest absolute Gasteiger partial charge is 0.252 e. The number of amides is 1. The fourth-order valence-corrected chi connectivity index (χ4v) is 2.86. The van der Waals surface area contributed by atoms with Crippen LogP contribution in [0.4, 0.5) is 0 Å². The first-order valence-electron chi connectivity index (χ1n) is 8.12. The predicted octanol–water partition coefficient (Wildman–Crippen LogP) is 3.54. The molecule has 1 N–H and O–H groups in total. The fourth-order valence-electron chi connectivity index (χ4n) is 2.73. The van der Waals surface area contributed by atoms with E-state index in [1.807, 2.05) is 20.0 Å². The van der Waals surface area contributed by atoms with Crippen molar-refractivity contribution in [2.45, 2.75) is 13.5 Å². The van der Waals surface area contributed by atoms with Gasteiger partial charge in [-0.25, -0.2) is 0 Å². The summed E-state index contributed by atoms with van der Waals surface area (Å²) in [6.45, 7) is 2.23. The Morgan fingerprint density at radius 2 is 1.73 bits per heavy atom. The molecule has 0 aliphatic heterocycles. The second-order valence-corrected chi connectivity index (χ2v) is 6.40. The third kappa shape index (κ3) is 3.83. The summed E-state index contributed by atoms with van der Waals surface area (Å²) in [6, 6.07) is 15.3. The number of nitrogens with zero attached hydrogens (tertiary/aromatic N) is 2. The second-order valence-electron chi connectivity index (χ2n) is 5.96. The lowest BCUT2D eigenvalue weighted by Crippen LogP contribution is -2.26. The Hall–Kier alpha value is -2.92. The van der Waals surface area contributed by atoms with Crippen molar-refractivity contribution in [1.29, 1.82) is 0 Å². The first kappa shape index (κ1) is 17.9. The first-order valence-corrected chi connectivity index (χ1v) is 8.50. The third-order valence-corrected chi connectivity index (χ3v) is 4.30. The number of hydrogen-bond acceptors (Lipinski definition) is 3. The number of rotatable bonds is 5. The van der Waals surface area contributed by atoms with E-state index in [1.165, 1.54) is 0 Å². The molecule has 5 nitrogen and oxygen atoms in total. The zero-order valence-corrected chi connectivity index (χ0v) is 15.2. The van der Waals surface area contributed by atoms with Crippen molar-refractivity contribution in [3.05, 3.63) is 87.7 Å². The molecule has 0 unspecified atom stereocenters. The zero-order valence-electron chi connectivity index (χ0n) is 14.5. The van der Waals surface area contributed by atoms with E-state index in [9.17, 15) is 9.59 Å². The molecular formula is C20H18ClN3O2. The van der Waals surface area contributed by atoms with Crippen molar-refractivity contribution >= 4 is 23.3 Å². The molecule has 1 heterocycles. The van der Waals surface area contributed by atoms with Gasteiger partial charge in [-0.15, -0.1) is 0 Å². The average Bonchev–Trinajstić information content (AvgIpc) is 2.97. The molecule has 26 heavy (non-hydrogen) atoms. The molecule has 0 spiro atoms. The van der Waals surface area contributed by atoms with E-state index in [0.29, 0.717) is 28.3 Å². The molecule has 132 valence electrons. The molecule has 0 saturated heterocycles. The van der Waals surface area contributed by atoms with Gasteiger partial charge in [-0.2, -0.15) is 5.10 Å². The maximum atomic E-state index is 12.8. The number of carbonyl (C=O) groups excluding carboxylic acids is 2. The minimum atomic E-state index is -0.304. The van der Waals surface area contributed by atoms with Crippen LogP contribution in [-0.2, 0) is 13.6 Å². The lowest BCUT2D eigenvalue weighted by molar-refractivity contribution is 0.0939. The minimum Gasteiger partial charge on any atom is -0.346 e. The van der Waals surface area contributed by atoms with Gasteiger partial charge >= 0.3 is 0 Å². The highest BCUT2D eigenvalue weighted by Gasteiger charge is 2.18. The summed E-state index contributed by atoms with van der Waals surface area (Å²) in [5.74, 6) is -0.523. The quantitative estimate of drug-likeness (QED) is 0.701. The molecular weight excluding hydrogens is 350 g/mol. The number of aryl methyl sites for hydroxylation is 2. The predicted molar refractivity (Wildman–Crippen MR) is 100 cm³/mol. The van der Waals surface area contributed by atoms with Crippen LogP contribution in [0, 0.1) is 6.92 Å². The summed E-state index contributed by atoms with van der Waals surface area (Å²) in [7, 11) is 1.83. The summed E-state index contributed by atoms with van der Waals surface area (Å²) >= 11 is 5.88. The Bertz CT molecular complexity index is 961. The van der Waals surface area contributed by atoms with E-state index < -0.39 is 0 Å². The van der Waals surface area contributed by atoms with E-state index in [0.717, 1.165) is 11.4 Å². The van der Waals surface area contributed by atoms with Gasteiger partial charge in [-0.1, -0.05) is 29.8 Å². The van der Waals surface area contributed by atoms with Crippen LogP contribution < -0.4 is 5.32 Å². The Morgan fingerprint density at radius 1 is 1.08 bits per heavy atom. The summed E-state index contributed by atoms with van der Waals surface area (Å²) < 4.78 is 1.72. The molecule has 0 aliphatic rings. The molecule has 0 atom stereocenters. The van der Waals surface area contributed by atoms with Crippen LogP contribution >= 0.6 is 11.6 Å². The van der Waals surface area contributed by atoms with Crippen molar-refractivity contribution in [1.82, 2.24) is 15.1 Å². The van der Waals surface area contributed by atoms with Gasteiger partial charge in [0.2, 0.25) is 0 Å². The number of benzene rings is 2. The molecule has 0 bridgehead atoms. The van der Waals surface area contributed by atoms with Gasteiger partial charge in [-0.3, -0.25) is 14.3 Å². The Morgan fingerprint density at radius 3 is 2.35 bits per heavy atom. The largest absolute Gasteiger partial charge is 0.346 e. The Balaban J connectivity index is 1.82. The fraction of sp³-hybridized carbons (Fsp3) is 0.150. The maximum Gasteiger partial charge on any atom is 0.252 e. The van der Waals surface area contributed by atoms with Crippen LogP contribution in [0.1, 0.15) is 37.7 Å². The minimum absolute atomic E-state index is 0.219. The van der Waals surface area contributed by atoms with E-state index in [-0.39, 0.29) is 11.7 Å². The third-order valence-electron chi connectivity index (χ3n) is 4.05. The van der Waals surface area contributed by atoms with E-state index in [2.05, 4.69) is 10.4 Å². The number of carbonyl (C=O) groups is 2. The number of nitrogens with one attached hydrogen (secondary N) is 1. The molecule has 2 aromatic carbocycles. The lowest BCUT2D eigenvalue weighted by atomic mass is 9.98. The molecule has 0 radical (unpaired) electrons. The van der Waals surface area contributed by atoms with Crippen LogP contribution in [0.5, 0.6) is 0 Å². The SMILES string of the molecule is Cc1cc(CNC(=O)c2ccccc2C(=O)c2ccc(Cl)cc2)n(C)n1. The van der Waals surface area contributed by atoms with E-state index >= 15 is 0 Å². The van der Waals surface area contributed by atoms with Gasteiger partial charge in [0.15, 0.2) is 5.78 Å². The number of halogens is 1. The van der Waals surface area contributed by atoms with Crippen molar-refractivity contribution in [3.8, 4) is 0 Å². The molecule has 6 heteroatoms. The number of aromatic nitrogens is 2. The zero-order chi connectivity index (χ0) is 18.7. The highest BCUT2D eigenvalue weighted by Crippen LogP contribution is 2.17. The summed E-state index contributed by atoms with van der Waals surface area (Å²) in [4.78, 5) is 25.4. The average molecular weight is 368 g/mol. The highest BCUT2D eigenvalue weighted by molar-refractivity contribution is 6.30. The van der Waals surface area contributed by atoms with E-state index in [1.54, 1.807) is 53.2 Å². The normalized spacial score (nSPS) is 10.6. The topological polar surface area (TPSA) is 64.0 Å². The van der Waals surface area contributed by atoms with Crippen molar-refractivity contribution in [2.24, 2.45) is 7.05 Å². The van der Waals surface area contributed by atoms with Crippen molar-refractivity contribution in [3.63, 3.8) is 0 Å². The molecule has 0 saturated carbocycles. The number of hydrogen-bond donors (Lipinski definition) is 1. The second kappa shape index (κ2) is 7.54. The van der Waals surface area contributed by atoms with Gasteiger partial charge in [0.1, 0.15) is 0 Å². The van der Waals surface area contributed by atoms with Gasteiger partial charge in [0.05, 0.1) is 23.5 Å². The van der Waals surface area contributed by atoms with Crippen LogP contribution in [-0.4, -0.2) is 21.5 Å². The number of ketones is 1. The maximum absolute atomic E-state index is 12.8. The molecule has 1 aromatic heterocycles. The molecule has 3 aromatic rings. The lowest BCUT2D eigenvalue weighted by Gasteiger charge is -2.10. The monoisotopic (exact) mass is 367 g/mol. The Kier molecular flexibility index (Phi) is 5.19. The highest BCUT2D eigenvalue weighted by atomic mass is 35.5. The van der Waals surface area contributed by atoms with E-state index in [4.69, 9.17) is 11.6 Å². The van der Waals surface area contributed by atoms with Gasteiger partial charge in [-0.05, 0) is 43.3 Å². The molecule has 1 amide bonds. The molecule has 0 aliphatic carbocycles. The van der Waals surface area contributed by atoms with Crippen LogP contribution in [0.3, 0.4) is 0 Å². The van der Waals surface area contributed by atoms with Gasteiger partial charge < -0.3 is 5.32 Å². The summed E-state index contributed by atoms with van der Waals surface area (Å²) in [6.07, 6.45) is 0. The van der Waals surface area contributed by atoms with Gasteiger partial charge in [0, 0.05) is 23.2 Å². The van der Waals surface area contributed by atoms with Gasteiger partial charge in [0.25, 0.3) is 5.91 Å². The van der Waals surface area contributed by atoms with Crippen molar-refractivity contribution < 1.29 is 9.59 Å². The first-order chi connectivity index (χ1) is 12.5. The summed E-state index contributed by atoms with van der Waals surface area (Å²) in [5.41, 5.74) is 2.95. The van der Waals surface area contributed by atoms with Crippen LogP contribution in [0.25, 0.3) is 0 Å². The Labute approximate surface area is 156 Å². The molecule has 3 rings (SSSR count). The van der Waals surface area contributed by atoms with Crippen molar-refractivity contribution in [2.75, 3.05) is 0 Å².